The maximum Gasteiger partial charge on any atom is 0.263 e. The molecule has 0 spiro atoms. The molecule has 5 heterocycles. The fraction of sp³-hybridized carbons (Fsp3) is 0. The van der Waals surface area contributed by atoms with Crippen molar-refractivity contribution in [2.24, 2.45) is 0 Å². The topological polar surface area (TPSA) is 44.5 Å². The van der Waals surface area contributed by atoms with E-state index >= 15 is 0 Å². The van der Waals surface area contributed by atoms with Crippen LogP contribution >= 0.6 is 0 Å². The lowest BCUT2D eigenvalue weighted by molar-refractivity contribution is 0.669. The Morgan fingerprint density at radius 2 is 0.819 bits per heavy atom. The van der Waals surface area contributed by atoms with Gasteiger partial charge in [-0.05, 0) is 136 Å². The number of nitrogens with zero attached hydrogens (tertiary/aromatic N) is 3. The van der Waals surface area contributed by atoms with E-state index in [1.807, 2.05) is 16.5 Å². The molecule has 0 saturated carbocycles. The zero-order valence-corrected chi connectivity index (χ0v) is 38.7. The molecular formula is C67H39N3O2. The smallest absolute Gasteiger partial charge is 0.263 e. The van der Waals surface area contributed by atoms with Crippen molar-refractivity contribution in [2.45, 2.75) is 0 Å². The maximum absolute atomic E-state index is 14.6. The average molecular weight is 918 g/mol. The molecule has 16 rings (SSSR count). The molecule has 11 aromatic carbocycles. The minimum Gasteiger partial charge on any atom is -0.456 e. The van der Waals surface area contributed by atoms with Crippen LogP contribution in [0.15, 0.2) is 246 Å². The van der Waals surface area contributed by atoms with Gasteiger partial charge in [0.05, 0.1) is 33.1 Å². The van der Waals surface area contributed by atoms with Crippen LogP contribution in [0.4, 0.5) is 0 Å². The van der Waals surface area contributed by atoms with Crippen molar-refractivity contribution < 1.29 is 4.42 Å². The Morgan fingerprint density at radius 3 is 1.53 bits per heavy atom. The third kappa shape index (κ3) is 5.45. The largest absolute Gasteiger partial charge is 0.456 e. The van der Waals surface area contributed by atoms with Crippen LogP contribution in [0.3, 0.4) is 0 Å². The Labute approximate surface area is 411 Å². The quantitative estimate of drug-likeness (QED) is 0.162. The van der Waals surface area contributed by atoms with Crippen LogP contribution in [0.5, 0.6) is 0 Å². The summed E-state index contributed by atoms with van der Waals surface area (Å²) in [6, 6.07) is 84.3. The van der Waals surface area contributed by atoms with Gasteiger partial charge in [0.15, 0.2) is 0 Å². The van der Waals surface area contributed by atoms with E-state index in [0.29, 0.717) is 5.39 Å². The summed E-state index contributed by atoms with van der Waals surface area (Å²) in [5.41, 5.74) is 17.1. The molecule has 5 aromatic heterocycles. The summed E-state index contributed by atoms with van der Waals surface area (Å²) in [5.74, 6) is 0. The minimum atomic E-state index is -0.00848. The molecule has 0 aliphatic carbocycles. The van der Waals surface area contributed by atoms with Crippen LogP contribution in [-0.2, 0) is 0 Å². The van der Waals surface area contributed by atoms with E-state index in [1.54, 1.807) is 0 Å². The molecule has 0 fully saturated rings. The summed E-state index contributed by atoms with van der Waals surface area (Å²) in [4.78, 5) is 14.6. The van der Waals surface area contributed by atoms with E-state index in [-0.39, 0.29) is 5.56 Å². The van der Waals surface area contributed by atoms with Gasteiger partial charge in [0.2, 0.25) is 0 Å². The molecular weight excluding hydrogens is 879 g/mol. The fourth-order valence-corrected chi connectivity index (χ4v) is 12.2. The number of hydrogen-bond donors (Lipinski definition) is 0. The van der Waals surface area contributed by atoms with Crippen molar-refractivity contribution in [2.75, 3.05) is 0 Å². The lowest BCUT2D eigenvalue weighted by Crippen LogP contribution is -2.12. The lowest BCUT2D eigenvalue weighted by atomic mass is 9.95. The molecule has 0 unspecified atom stereocenters. The highest BCUT2D eigenvalue weighted by Gasteiger charge is 2.21. The molecule has 16 aromatic rings. The molecule has 0 aliphatic rings. The highest BCUT2D eigenvalue weighted by atomic mass is 16.3. The van der Waals surface area contributed by atoms with Crippen LogP contribution in [0.1, 0.15) is 0 Å². The van der Waals surface area contributed by atoms with Gasteiger partial charge >= 0.3 is 0 Å². The second kappa shape index (κ2) is 14.7. The normalized spacial score (nSPS) is 12.2. The summed E-state index contributed by atoms with van der Waals surface area (Å²) in [6.45, 7) is 0. The number of aromatic nitrogens is 3. The summed E-state index contributed by atoms with van der Waals surface area (Å²) in [6.07, 6.45) is 0. The molecule has 5 heteroatoms. The van der Waals surface area contributed by atoms with E-state index in [1.165, 1.54) is 43.7 Å². The second-order valence-corrected chi connectivity index (χ2v) is 19.2. The van der Waals surface area contributed by atoms with Crippen LogP contribution in [-0.4, -0.2) is 13.5 Å². The van der Waals surface area contributed by atoms with Gasteiger partial charge in [-0.15, -0.1) is 0 Å². The van der Waals surface area contributed by atoms with E-state index < -0.39 is 0 Å². The van der Waals surface area contributed by atoms with Gasteiger partial charge in [-0.2, -0.15) is 0 Å². The first-order chi connectivity index (χ1) is 35.6. The fourth-order valence-electron chi connectivity index (χ4n) is 12.2. The number of fused-ring (bicyclic) bond motifs is 14. The van der Waals surface area contributed by atoms with Crippen molar-refractivity contribution in [1.29, 1.82) is 0 Å². The molecule has 0 atom stereocenters. The molecule has 0 aliphatic heterocycles. The standard InChI is InChI=1S/C67H39N3O2/c71-67-52-30-25-44(38-53(52)50-20-11-21-51-56-35-41(40-13-3-1-4-14-40)26-33-62(56)70(67)66(50)51)47-19-12-24-64-65(47)57-39-46(29-34-63(57)72-64)69-59-23-10-8-18-49(59)55-37-43(28-32-61(55)69)42-27-31-60-54(36-42)48-17-7-9-22-58(48)68(60)45-15-5-2-6-16-45/h1-39H. The summed E-state index contributed by atoms with van der Waals surface area (Å²) >= 11 is 0. The van der Waals surface area contributed by atoms with Crippen LogP contribution in [0, 0.1) is 0 Å². The number of rotatable bonds is 5. The zero-order chi connectivity index (χ0) is 47.2. The molecule has 0 N–H and O–H groups in total. The Kier molecular flexibility index (Phi) is 7.97. The van der Waals surface area contributed by atoms with E-state index in [4.69, 9.17) is 4.42 Å². The molecule has 0 amide bonds. The van der Waals surface area contributed by atoms with Crippen LogP contribution < -0.4 is 5.56 Å². The van der Waals surface area contributed by atoms with Gasteiger partial charge in [0, 0.05) is 65.2 Å². The molecule has 334 valence electrons. The van der Waals surface area contributed by atoms with Crippen molar-refractivity contribution in [3.05, 3.63) is 247 Å². The average Bonchev–Trinajstić information content (AvgIpc) is 4.19. The number of pyridine rings is 1. The van der Waals surface area contributed by atoms with Gasteiger partial charge in [0.1, 0.15) is 11.2 Å². The molecule has 0 radical (unpaired) electrons. The first kappa shape index (κ1) is 39.2. The maximum atomic E-state index is 14.6. The van der Waals surface area contributed by atoms with Gasteiger partial charge in [0.25, 0.3) is 5.56 Å². The van der Waals surface area contributed by atoms with Crippen molar-refractivity contribution >= 4 is 104 Å². The Hall–Kier alpha value is -9.71. The Balaban J connectivity index is 0.842. The van der Waals surface area contributed by atoms with Crippen LogP contribution in [0.25, 0.3) is 148 Å². The number of furan rings is 1. The second-order valence-electron chi connectivity index (χ2n) is 19.2. The van der Waals surface area contributed by atoms with E-state index in [0.717, 1.165) is 99.2 Å². The number of benzene rings is 11. The summed E-state index contributed by atoms with van der Waals surface area (Å²) in [7, 11) is 0. The third-order valence-corrected chi connectivity index (χ3v) is 15.4. The number of hydrogen-bond acceptors (Lipinski definition) is 2. The monoisotopic (exact) mass is 917 g/mol. The van der Waals surface area contributed by atoms with Crippen molar-refractivity contribution in [3.63, 3.8) is 0 Å². The summed E-state index contributed by atoms with van der Waals surface area (Å²) in [5, 5.41) is 11.8. The molecule has 0 saturated heterocycles. The SMILES string of the molecule is O=c1c2ccc(-c3cccc4oc5ccc(-n6c7ccccc7c7cc(-c8ccc9c(c8)c8ccccc8n9-c8ccccc8)ccc76)cc5c34)cc2c2cccc3c4cc(-c5ccccc5)ccc4n1c23. The first-order valence-corrected chi connectivity index (χ1v) is 24.5. The highest BCUT2D eigenvalue weighted by molar-refractivity contribution is 6.22. The molecule has 0 bridgehead atoms. The van der Waals surface area contributed by atoms with E-state index in [2.05, 4.69) is 234 Å². The van der Waals surface area contributed by atoms with Crippen LogP contribution in [0.2, 0.25) is 0 Å². The zero-order valence-electron chi connectivity index (χ0n) is 38.7. The Morgan fingerprint density at radius 1 is 0.292 bits per heavy atom. The molecule has 72 heavy (non-hydrogen) atoms. The summed E-state index contributed by atoms with van der Waals surface area (Å²) < 4.78 is 13.3. The highest BCUT2D eigenvalue weighted by Crippen LogP contribution is 2.43. The van der Waals surface area contributed by atoms with E-state index in [9.17, 15) is 4.79 Å². The minimum absolute atomic E-state index is 0.00848. The lowest BCUT2D eigenvalue weighted by Gasteiger charge is -2.11. The third-order valence-electron chi connectivity index (χ3n) is 15.4. The van der Waals surface area contributed by atoms with Gasteiger partial charge in [-0.25, -0.2) is 0 Å². The van der Waals surface area contributed by atoms with Gasteiger partial charge in [-0.3, -0.25) is 9.20 Å². The Bertz CT molecular complexity index is 5000. The molecule has 5 nitrogen and oxygen atoms in total. The van der Waals surface area contributed by atoms with Gasteiger partial charge in [-0.1, -0.05) is 140 Å². The number of para-hydroxylation sites is 4. The van der Waals surface area contributed by atoms with Gasteiger partial charge < -0.3 is 13.6 Å². The first-order valence-electron chi connectivity index (χ1n) is 24.5. The van der Waals surface area contributed by atoms with Crippen molar-refractivity contribution in [3.8, 4) is 44.8 Å². The van der Waals surface area contributed by atoms with Crippen molar-refractivity contribution in [1.82, 2.24) is 13.5 Å². The predicted octanol–water partition coefficient (Wildman–Crippen LogP) is 17.3. The predicted molar refractivity (Wildman–Crippen MR) is 300 cm³/mol.